The van der Waals surface area contributed by atoms with E-state index in [4.69, 9.17) is 21.1 Å². The molecule has 0 spiro atoms. The Bertz CT molecular complexity index is 581. The second-order valence-electron chi connectivity index (χ2n) is 7.81. The SMILES string of the molecule is Bc1ccc(OCCCC2CCN(C(=O)OC(C)(C)C)CC2)cc1Cl. The van der Waals surface area contributed by atoms with Gasteiger partial charge < -0.3 is 14.4 Å². The molecule has 0 saturated carbocycles. The molecule has 0 aromatic heterocycles. The lowest BCUT2D eigenvalue weighted by molar-refractivity contribution is 0.0179. The Morgan fingerprint density at radius 1 is 1.32 bits per heavy atom. The number of carbonyl (C=O) groups excluding carboxylic acids is 1. The van der Waals surface area contributed by atoms with Crippen LogP contribution in [0.1, 0.15) is 46.5 Å². The van der Waals surface area contributed by atoms with Crippen LogP contribution in [0.4, 0.5) is 4.79 Å². The van der Waals surface area contributed by atoms with Crippen LogP contribution >= 0.6 is 11.6 Å². The van der Waals surface area contributed by atoms with Gasteiger partial charge in [0.05, 0.1) is 6.61 Å². The first-order valence-corrected chi connectivity index (χ1v) is 9.49. The summed E-state index contributed by atoms with van der Waals surface area (Å²) in [6.07, 6.45) is 4.03. The van der Waals surface area contributed by atoms with Crippen molar-refractivity contribution >= 4 is 31.0 Å². The molecule has 1 aromatic rings. The van der Waals surface area contributed by atoms with Crippen molar-refractivity contribution in [2.24, 2.45) is 5.92 Å². The van der Waals surface area contributed by atoms with Gasteiger partial charge in [0.1, 0.15) is 19.2 Å². The average Bonchev–Trinajstić information content (AvgIpc) is 2.54. The van der Waals surface area contributed by atoms with Gasteiger partial charge >= 0.3 is 6.09 Å². The number of carbonyl (C=O) groups is 1. The van der Waals surface area contributed by atoms with Crippen molar-refractivity contribution in [1.29, 1.82) is 0 Å². The Hall–Kier alpha value is -1.36. The molecule has 0 radical (unpaired) electrons. The van der Waals surface area contributed by atoms with Gasteiger partial charge in [0.2, 0.25) is 0 Å². The van der Waals surface area contributed by atoms with E-state index in [9.17, 15) is 4.79 Å². The lowest BCUT2D eigenvalue weighted by Crippen LogP contribution is -2.41. The Morgan fingerprint density at radius 2 is 2.00 bits per heavy atom. The van der Waals surface area contributed by atoms with E-state index >= 15 is 0 Å². The van der Waals surface area contributed by atoms with Gasteiger partial charge in [-0.15, -0.1) is 0 Å². The summed E-state index contributed by atoms with van der Waals surface area (Å²) >= 11 is 6.11. The zero-order chi connectivity index (χ0) is 18.4. The van der Waals surface area contributed by atoms with Crippen molar-refractivity contribution in [3.8, 4) is 5.75 Å². The Labute approximate surface area is 157 Å². The van der Waals surface area contributed by atoms with Crippen molar-refractivity contribution in [1.82, 2.24) is 4.90 Å². The van der Waals surface area contributed by atoms with Crippen molar-refractivity contribution in [2.75, 3.05) is 19.7 Å². The molecule has 0 N–H and O–H groups in total. The van der Waals surface area contributed by atoms with E-state index < -0.39 is 5.60 Å². The fourth-order valence-electron chi connectivity index (χ4n) is 2.96. The Kier molecular flexibility index (Phi) is 7.06. The molecule has 1 fully saturated rings. The maximum Gasteiger partial charge on any atom is 0.410 e. The van der Waals surface area contributed by atoms with Crippen LogP contribution < -0.4 is 10.2 Å². The normalized spacial score (nSPS) is 15.9. The van der Waals surface area contributed by atoms with Crippen LogP contribution in [0.2, 0.25) is 5.02 Å². The van der Waals surface area contributed by atoms with Crippen LogP contribution in [-0.2, 0) is 4.74 Å². The van der Waals surface area contributed by atoms with Gasteiger partial charge in [-0.3, -0.25) is 0 Å². The highest BCUT2D eigenvalue weighted by Crippen LogP contribution is 2.24. The Balaban J connectivity index is 1.64. The van der Waals surface area contributed by atoms with Gasteiger partial charge in [-0.1, -0.05) is 23.1 Å². The van der Waals surface area contributed by atoms with Crippen molar-refractivity contribution in [3.05, 3.63) is 23.2 Å². The fraction of sp³-hybridized carbons (Fsp3) is 0.632. The summed E-state index contributed by atoms with van der Waals surface area (Å²) in [5.74, 6) is 1.49. The van der Waals surface area contributed by atoms with Gasteiger partial charge in [-0.25, -0.2) is 4.79 Å². The summed E-state index contributed by atoms with van der Waals surface area (Å²) < 4.78 is 11.2. The maximum absolute atomic E-state index is 12.1. The number of hydrogen-bond donors (Lipinski definition) is 0. The van der Waals surface area contributed by atoms with Crippen LogP contribution in [0.15, 0.2) is 18.2 Å². The summed E-state index contributed by atoms with van der Waals surface area (Å²) in [5, 5.41) is 0.743. The number of amides is 1. The van der Waals surface area contributed by atoms with E-state index in [0.717, 1.165) is 55.0 Å². The molecule has 1 heterocycles. The molecule has 1 saturated heterocycles. The van der Waals surface area contributed by atoms with Gasteiger partial charge in [0, 0.05) is 18.1 Å². The molecule has 1 aliphatic rings. The molecule has 0 aliphatic carbocycles. The quantitative estimate of drug-likeness (QED) is 0.593. The number of rotatable bonds is 5. The molecule has 6 heteroatoms. The molecular weight excluding hydrogens is 336 g/mol. The predicted octanol–water partition coefficient (Wildman–Crippen LogP) is 3.40. The largest absolute Gasteiger partial charge is 0.494 e. The highest BCUT2D eigenvalue weighted by molar-refractivity contribution is 6.45. The van der Waals surface area contributed by atoms with Gasteiger partial charge in [0.15, 0.2) is 0 Å². The predicted molar refractivity (Wildman–Crippen MR) is 105 cm³/mol. The first kappa shape index (κ1) is 20.0. The molecule has 0 bridgehead atoms. The third kappa shape index (κ3) is 6.81. The summed E-state index contributed by atoms with van der Waals surface area (Å²) in [5.41, 5.74) is 0.634. The maximum atomic E-state index is 12.1. The van der Waals surface area contributed by atoms with Crippen molar-refractivity contribution in [3.63, 3.8) is 0 Å². The highest BCUT2D eigenvalue weighted by atomic mass is 35.5. The van der Waals surface area contributed by atoms with E-state index in [1.54, 1.807) is 0 Å². The number of likely N-dealkylation sites (tertiary alicyclic amines) is 1. The van der Waals surface area contributed by atoms with Gasteiger partial charge in [-0.2, -0.15) is 0 Å². The minimum atomic E-state index is -0.426. The molecule has 138 valence electrons. The van der Waals surface area contributed by atoms with Crippen LogP contribution in [0.3, 0.4) is 0 Å². The lowest BCUT2D eigenvalue weighted by atomic mass is 9.92. The standard InChI is InChI=1S/C19H29BClNO3/c1-19(2,3)25-18(23)22-10-8-14(9-11-22)5-4-12-24-15-6-7-16(20)17(21)13-15/h6-7,13-14H,4-5,8-12,20H2,1-3H3. The molecule has 0 atom stereocenters. The number of nitrogens with zero attached hydrogens (tertiary/aromatic N) is 1. The van der Waals surface area contributed by atoms with Gasteiger partial charge in [-0.05, 0) is 64.5 Å². The molecular formula is C19H29BClNO3. The second kappa shape index (κ2) is 8.84. The second-order valence-corrected chi connectivity index (χ2v) is 8.22. The van der Waals surface area contributed by atoms with Crippen LogP contribution in [0.5, 0.6) is 5.75 Å². The van der Waals surface area contributed by atoms with Crippen molar-refractivity contribution in [2.45, 2.75) is 52.1 Å². The highest BCUT2D eigenvalue weighted by Gasteiger charge is 2.26. The van der Waals surface area contributed by atoms with Gasteiger partial charge in [0.25, 0.3) is 0 Å². The fourth-order valence-corrected chi connectivity index (χ4v) is 3.13. The molecule has 1 amide bonds. The van der Waals surface area contributed by atoms with Crippen molar-refractivity contribution < 1.29 is 14.3 Å². The molecule has 1 aliphatic heterocycles. The topological polar surface area (TPSA) is 38.8 Å². The summed E-state index contributed by atoms with van der Waals surface area (Å²) in [7, 11) is 1.98. The number of ether oxygens (including phenoxy) is 2. The lowest BCUT2D eigenvalue weighted by Gasteiger charge is -2.33. The smallest absolute Gasteiger partial charge is 0.410 e. The number of halogens is 1. The first-order chi connectivity index (χ1) is 11.7. The van der Waals surface area contributed by atoms with Crippen LogP contribution in [-0.4, -0.2) is 44.1 Å². The number of piperidine rings is 1. The van der Waals surface area contributed by atoms with E-state index in [2.05, 4.69) is 0 Å². The van der Waals surface area contributed by atoms with E-state index in [-0.39, 0.29) is 6.09 Å². The third-order valence-corrected chi connectivity index (χ3v) is 4.84. The first-order valence-electron chi connectivity index (χ1n) is 9.11. The van der Waals surface area contributed by atoms with E-state index in [1.165, 1.54) is 0 Å². The van der Waals surface area contributed by atoms with Crippen LogP contribution in [0, 0.1) is 5.92 Å². The summed E-state index contributed by atoms with van der Waals surface area (Å²) in [6.45, 7) is 7.98. The molecule has 4 nitrogen and oxygen atoms in total. The third-order valence-electron chi connectivity index (χ3n) is 4.43. The number of benzene rings is 1. The molecule has 25 heavy (non-hydrogen) atoms. The monoisotopic (exact) mass is 365 g/mol. The minimum absolute atomic E-state index is 0.189. The molecule has 1 aromatic carbocycles. The molecule has 2 rings (SSSR count). The number of hydrogen-bond acceptors (Lipinski definition) is 3. The van der Waals surface area contributed by atoms with E-state index in [0.29, 0.717) is 12.5 Å². The van der Waals surface area contributed by atoms with Crippen LogP contribution in [0.25, 0.3) is 0 Å². The van der Waals surface area contributed by atoms with E-state index in [1.807, 2.05) is 51.7 Å². The average molecular weight is 366 g/mol. The minimum Gasteiger partial charge on any atom is -0.494 e. The Morgan fingerprint density at radius 3 is 2.60 bits per heavy atom. The summed E-state index contributed by atoms with van der Waals surface area (Å²) in [6, 6.07) is 5.81. The summed E-state index contributed by atoms with van der Waals surface area (Å²) in [4.78, 5) is 13.9. The zero-order valence-electron chi connectivity index (χ0n) is 15.8. The molecule has 0 unspecified atom stereocenters. The zero-order valence-corrected chi connectivity index (χ0v) is 16.6.